The van der Waals surface area contributed by atoms with E-state index in [9.17, 15) is 4.79 Å². The Labute approximate surface area is 102 Å². The van der Waals surface area contributed by atoms with Gasteiger partial charge in [-0.25, -0.2) is 19.3 Å². The van der Waals surface area contributed by atoms with E-state index < -0.39 is 0 Å². The summed E-state index contributed by atoms with van der Waals surface area (Å²) in [5.41, 5.74) is 0.261. The van der Waals surface area contributed by atoms with Gasteiger partial charge in [0.25, 0.3) is 0 Å². The molecule has 0 saturated heterocycles. The van der Waals surface area contributed by atoms with Crippen LogP contribution in [0.25, 0.3) is 5.65 Å². The van der Waals surface area contributed by atoms with Crippen molar-refractivity contribution in [3.63, 3.8) is 0 Å². The average molecular weight is 254 g/mol. The maximum absolute atomic E-state index is 11.2. The Morgan fingerprint density at radius 1 is 1.65 bits per heavy atom. The first-order valence-corrected chi connectivity index (χ1v) is 5.98. The number of aromatic nitrogens is 4. The van der Waals surface area contributed by atoms with Crippen LogP contribution in [0.15, 0.2) is 17.2 Å². The second-order valence-electron chi connectivity index (χ2n) is 4.27. The fraction of sp³-hybridized carbons (Fsp3) is 0.500. The monoisotopic (exact) mass is 253 g/mol. The van der Waals surface area contributed by atoms with Crippen LogP contribution in [0.1, 0.15) is 12.8 Å². The van der Waals surface area contributed by atoms with E-state index in [0.717, 1.165) is 0 Å². The molecule has 2 aromatic heterocycles. The third-order valence-electron chi connectivity index (χ3n) is 2.92. The van der Waals surface area contributed by atoms with Crippen molar-refractivity contribution in [1.82, 2.24) is 19.6 Å². The Kier molecular flexibility index (Phi) is 2.51. The van der Waals surface area contributed by atoms with Crippen LogP contribution in [0, 0.1) is 5.92 Å². The van der Waals surface area contributed by atoms with Crippen LogP contribution in [0.3, 0.4) is 0 Å². The van der Waals surface area contributed by atoms with E-state index >= 15 is 0 Å². The van der Waals surface area contributed by atoms with E-state index in [1.165, 1.54) is 23.6 Å². The number of rotatable bonds is 4. The number of anilines is 1. The molecule has 7 heteroatoms. The van der Waals surface area contributed by atoms with Gasteiger partial charge in [0.15, 0.2) is 5.65 Å². The fourth-order valence-corrected chi connectivity index (χ4v) is 2.06. The first kappa shape index (κ1) is 10.6. The molecule has 2 heterocycles. The Morgan fingerprint density at radius 2 is 2.47 bits per heavy atom. The Morgan fingerprint density at radius 3 is 3.24 bits per heavy atom. The molecule has 1 fully saturated rings. The molecule has 2 aromatic rings. The maximum Gasteiger partial charge on any atom is 0.348 e. The highest BCUT2D eigenvalue weighted by Crippen LogP contribution is 2.35. The van der Waals surface area contributed by atoms with E-state index in [-0.39, 0.29) is 11.1 Å². The molecular formula is C10H12ClN5O. The predicted molar refractivity (Wildman–Crippen MR) is 64.5 cm³/mol. The molecule has 1 aliphatic rings. The zero-order valence-corrected chi connectivity index (χ0v) is 9.81. The maximum atomic E-state index is 11.2. The van der Waals surface area contributed by atoms with Crippen molar-refractivity contribution in [3.05, 3.63) is 22.9 Å². The lowest BCUT2D eigenvalue weighted by Crippen LogP contribution is -2.17. The summed E-state index contributed by atoms with van der Waals surface area (Å²) < 4.78 is 1.35. The highest BCUT2D eigenvalue weighted by atomic mass is 35.5. The number of alkyl halides is 1. The molecule has 1 aliphatic carbocycles. The van der Waals surface area contributed by atoms with Gasteiger partial charge in [0, 0.05) is 12.6 Å². The predicted octanol–water partition coefficient (Wildman–Crippen LogP) is 0.847. The molecule has 0 aromatic carbocycles. The van der Waals surface area contributed by atoms with Crippen LogP contribution in [0.2, 0.25) is 0 Å². The Balaban J connectivity index is 1.74. The normalized spacial score (nSPS) is 17.2. The van der Waals surface area contributed by atoms with E-state index in [4.69, 9.17) is 11.6 Å². The van der Waals surface area contributed by atoms with Gasteiger partial charge < -0.3 is 5.32 Å². The van der Waals surface area contributed by atoms with Crippen molar-refractivity contribution in [2.45, 2.75) is 18.2 Å². The SMILES string of the molecule is O=c1[nH]nc2cc(NCC(Cl)C3CC3)ncn12. The summed E-state index contributed by atoms with van der Waals surface area (Å²) in [4.78, 5) is 15.3. The van der Waals surface area contributed by atoms with Gasteiger partial charge in [-0.2, -0.15) is 5.10 Å². The lowest BCUT2D eigenvalue weighted by molar-refractivity contribution is 0.768. The summed E-state index contributed by atoms with van der Waals surface area (Å²) in [6.45, 7) is 0.685. The minimum Gasteiger partial charge on any atom is -0.368 e. The number of nitrogens with one attached hydrogen (secondary N) is 2. The molecule has 0 radical (unpaired) electrons. The highest BCUT2D eigenvalue weighted by Gasteiger charge is 2.29. The van der Waals surface area contributed by atoms with Gasteiger partial charge in [-0.1, -0.05) is 0 Å². The van der Waals surface area contributed by atoms with Crippen LogP contribution >= 0.6 is 11.6 Å². The van der Waals surface area contributed by atoms with Crippen LogP contribution < -0.4 is 11.0 Å². The van der Waals surface area contributed by atoms with Crippen molar-refractivity contribution < 1.29 is 0 Å². The van der Waals surface area contributed by atoms with Gasteiger partial charge in [0.05, 0.1) is 5.38 Å². The van der Waals surface area contributed by atoms with Crippen molar-refractivity contribution in [1.29, 1.82) is 0 Å². The van der Waals surface area contributed by atoms with Crippen LogP contribution in [-0.2, 0) is 0 Å². The van der Waals surface area contributed by atoms with Crippen LogP contribution in [0.4, 0.5) is 5.82 Å². The van der Waals surface area contributed by atoms with Gasteiger partial charge in [0.1, 0.15) is 12.1 Å². The molecular weight excluding hydrogens is 242 g/mol. The zero-order valence-electron chi connectivity index (χ0n) is 9.06. The first-order chi connectivity index (χ1) is 8.24. The molecule has 0 aliphatic heterocycles. The molecule has 2 N–H and O–H groups in total. The number of aromatic amines is 1. The second-order valence-corrected chi connectivity index (χ2v) is 4.83. The third kappa shape index (κ3) is 2.12. The number of fused-ring (bicyclic) bond motifs is 1. The third-order valence-corrected chi connectivity index (χ3v) is 3.43. The largest absolute Gasteiger partial charge is 0.368 e. The van der Waals surface area contributed by atoms with Crippen LogP contribution in [0.5, 0.6) is 0 Å². The van der Waals surface area contributed by atoms with Crippen molar-refractivity contribution in [2.75, 3.05) is 11.9 Å². The molecule has 0 bridgehead atoms. The number of hydrogen-bond donors (Lipinski definition) is 2. The van der Waals surface area contributed by atoms with Gasteiger partial charge in [0.2, 0.25) is 0 Å². The fourth-order valence-electron chi connectivity index (χ4n) is 1.73. The molecule has 1 atom stereocenters. The van der Waals surface area contributed by atoms with E-state index in [1.807, 2.05) is 0 Å². The number of H-pyrrole nitrogens is 1. The van der Waals surface area contributed by atoms with Gasteiger partial charge in [-0.3, -0.25) is 0 Å². The molecule has 0 amide bonds. The number of hydrogen-bond acceptors (Lipinski definition) is 4. The van der Waals surface area contributed by atoms with E-state index in [0.29, 0.717) is 23.9 Å². The van der Waals surface area contributed by atoms with E-state index in [1.54, 1.807) is 6.07 Å². The molecule has 1 saturated carbocycles. The average Bonchev–Trinajstić information content (AvgIpc) is 3.12. The molecule has 1 unspecified atom stereocenters. The van der Waals surface area contributed by atoms with Gasteiger partial charge in [-0.05, 0) is 18.8 Å². The topological polar surface area (TPSA) is 75.1 Å². The molecule has 90 valence electrons. The summed E-state index contributed by atoms with van der Waals surface area (Å²) in [5.74, 6) is 1.32. The van der Waals surface area contributed by atoms with Gasteiger partial charge >= 0.3 is 5.69 Å². The second kappa shape index (κ2) is 4.03. The lowest BCUT2D eigenvalue weighted by atomic mass is 10.3. The molecule has 0 spiro atoms. The Bertz CT molecular complexity index is 588. The quantitative estimate of drug-likeness (QED) is 0.792. The minimum atomic E-state index is -0.285. The smallest absolute Gasteiger partial charge is 0.348 e. The summed E-state index contributed by atoms with van der Waals surface area (Å²) in [6.07, 6.45) is 3.89. The van der Waals surface area contributed by atoms with E-state index in [2.05, 4.69) is 20.5 Å². The summed E-state index contributed by atoms with van der Waals surface area (Å²) in [6, 6.07) is 1.72. The van der Waals surface area contributed by atoms with Crippen molar-refractivity contribution in [2.24, 2.45) is 5.92 Å². The summed E-state index contributed by atoms with van der Waals surface area (Å²) in [5, 5.41) is 9.53. The van der Waals surface area contributed by atoms with Gasteiger partial charge in [-0.15, -0.1) is 11.6 Å². The summed E-state index contributed by atoms with van der Waals surface area (Å²) >= 11 is 6.18. The van der Waals surface area contributed by atoms with Crippen molar-refractivity contribution in [3.8, 4) is 0 Å². The zero-order chi connectivity index (χ0) is 11.8. The Hall–Kier alpha value is -1.56. The van der Waals surface area contributed by atoms with Crippen LogP contribution in [-0.4, -0.2) is 31.5 Å². The van der Waals surface area contributed by atoms with Crippen molar-refractivity contribution >= 4 is 23.1 Å². The standard InChI is InChI=1S/C10H12ClN5O/c11-7(6-1-2-6)4-12-8-3-9-14-15-10(17)16(9)5-13-8/h3,5-7,12H,1-2,4H2,(H,15,17). The molecule has 6 nitrogen and oxygen atoms in total. The molecule has 17 heavy (non-hydrogen) atoms. The highest BCUT2D eigenvalue weighted by molar-refractivity contribution is 6.21. The first-order valence-electron chi connectivity index (χ1n) is 5.55. The number of halogens is 1. The minimum absolute atomic E-state index is 0.148. The molecule has 3 rings (SSSR count). The summed E-state index contributed by atoms with van der Waals surface area (Å²) in [7, 11) is 0. The lowest BCUT2D eigenvalue weighted by Gasteiger charge is -2.09. The number of nitrogens with zero attached hydrogens (tertiary/aromatic N) is 3.